The molecule has 1 aromatic carbocycles. The van der Waals surface area contributed by atoms with Gasteiger partial charge in [-0.25, -0.2) is 4.39 Å². The second-order valence-corrected chi connectivity index (χ2v) is 5.81. The first kappa shape index (κ1) is 13.8. The molecule has 1 fully saturated rings. The van der Waals surface area contributed by atoms with E-state index in [9.17, 15) is 19.1 Å². The van der Waals surface area contributed by atoms with Crippen LogP contribution in [0.15, 0.2) is 30.4 Å². The van der Waals surface area contributed by atoms with Crippen molar-refractivity contribution in [2.24, 2.45) is 23.7 Å². The highest BCUT2D eigenvalue weighted by atomic mass is 19.1. The molecule has 0 aromatic heterocycles. The summed E-state index contributed by atoms with van der Waals surface area (Å²) in [6, 6.07) is 4.46. The number of aryl methyl sites for hydroxylation is 1. The van der Waals surface area contributed by atoms with Crippen molar-refractivity contribution in [3.05, 3.63) is 41.7 Å². The van der Waals surface area contributed by atoms with E-state index >= 15 is 0 Å². The maximum Gasteiger partial charge on any atom is 0.307 e. The molecule has 0 aliphatic heterocycles. The Morgan fingerprint density at radius 3 is 2.57 bits per heavy atom. The third-order valence-electron chi connectivity index (χ3n) is 4.43. The van der Waals surface area contributed by atoms with Crippen molar-refractivity contribution >= 4 is 17.6 Å². The molecule has 21 heavy (non-hydrogen) atoms. The van der Waals surface area contributed by atoms with Crippen LogP contribution in [0, 0.1) is 36.4 Å². The molecule has 2 aliphatic carbocycles. The third-order valence-corrected chi connectivity index (χ3v) is 4.43. The van der Waals surface area contributed by atoms with Crippen molar-refractivity contribution < 1.29 is 19.1 Å². The standard InChI is InChI=1S/C16H16FNO3/c1-8-2-5-11(17)12(6-8)18-15(19)13-9-3-4-10(7-9)14(13)16(20)21/h2-6,9-10,13-14H,7H2,1H3,(H,18,19)(H,20,21)/t9-,10-,13-,14+/m0/s1. The van der Waals surface area contributed by atoms with Gasteiger partial charge in [-0.05, 0) is 42.9 Å². The number of fused-ring (bicyclic) bond motifs is 2. The number of carbonyl (C=O) groups is 2. The summed E-state index contributed by atoms with van der Waals surface area (Å²) in [5.74, 6) is -3.39. The quantitative estimate of drug-likeness (QED) is 0.841. The van der Waals surface area contributed by atoms with Crippen molar-refractivity contribution in [1.82, 2.24) is 0 Å². The van der Waals surface area contributed by atoms with Gasteiger partial charge in [0.25, 0.3) is 0 Å². The number of allylic oxidation sites excluding steroid dienone is 2. The lowest BCUT2D eigenvalue weighted by Crippen LogP contribution is -2.36. The summed E-state index contributed by atoms with van der Waals surface area (Å²) in [5, 5.41) is 11.9. The van der Waals surface area contributed by atoms with E-state index in [2.05, 4.69) is 5.32 Å². The SMILES string of the molecule is Cc1ccc(F)c(NC(=O)[C@@H]2[C@H](C(=O)O)[C@H]3C=C[C@H]2C3)c1. The molecule has 2 bridgehead atoms. The molecule has 4 nitrogen and oxygen atoms in total. The number of carboxylic acids is 1. The predicted octanol–water partition coefficient (Wildman–Crippen LogP) is 2.60. The fourth-order valence-corrected chi connectivity index (χ4v) is 3.47. The maximum absolute atomic E-state index is 13.7. The Labute approximate surface area is 121 Å². The number of halogens is 1. The van der Waals surface area contributed by atoms with Crippen molar-refractivity contribution in [3.8, 4) is 0 Å². The molecule has 0 spiro atoms. The number of amides is 1. The Morgan fingerprint density at radius 1 is 1.24 bits per heavy atom. The first-order valence-corrected chi connectivity index (χ1v) is 6.95. The van der Waals surface area contributed by atoms with E-state index in [0.29, 0.717) is 6.42 Å². The lowest BCUT2D eigenvalue weighted by molar-refractivity contribution is -0.146. The summed E-state index contributed by atoms with van der Waals surface area (Å²) < 4.78 is 13.7. The van der Waals surface area contributed by atoms with E-state index in [0.717, 1.165) is 5.56 Å². The highest BCUT2D eigenvalue weighted by Crippen LogP contribution is 2.48. The molecule has 4 atom stereocenters. The maximum atomic E-state index is 13.7. The van der Waals surface area contributed by atoms with Crippen LogP contribution in [0.5, 0.6) is 0 Å². The van der Waals surface area contributed by atoms with Crippen molar-refractivity contribution in [1.29, 1.82) is 0 Å². The number of carbonyl (C=O) groups excluding carboxylic acids is 1. The highest BCUT2D eigenvalue weighted by Gasteiger charge is 2.51. The summed E-state index contributed by atoms with van der Waals surface area (Å²) in [5.41, 5.74) is 0.935. The lowest BCUT2D eigenvalue weighted by Gasteiger charge is -2.24. The van der Waals surface area contributed by atoms with Gasteiger partial charge in [-0.3, -0.25) is 9.59 Å². The predicted molar refractivity (Wildman–Crippen MR) is 75.1 cm³/mol. The van der Waals surface area contributed by atoms with Crippen molar-refractivity contribution in [2.75, 3.05) is 5.32 Å². The van der Waals surface area contributed by atoms with Crippen LogP contribution in [0.4, 0.5) is 10.1 Å². The van der Waals surface area contributed by atoms with E-state index in [-0.39, 0.29) is 17.5 Å². The van der Waals surface area contributed by atoms with Gasteiger partial charge < -0.3 is 10.4 Å². The first-order valence-electron chi connectivity index (χ1n) is 6.95. The fraction of sp³-hybridized carbons (Fsp3) is 0.375. The minimum Gasteiger partial charge on any atom is -0.481 e. The molecule has 110 valence electrons. The van der Waals surface area contributed by atoms with Gasteiger partial charge in [0, 0.05) is 0 Å². The normalized spacial score (nSPS) is 29.6. The highest BCUT2D eigenvalue weighted by molar-refractivity contribution is 5.96. The van der Waals surface area contributed by atoms with E-state index in [1.165, 1.54) is 6.07 Å². The zero-order valence-electron chi connectivity index (χ0n) is 11.5. The minimum atomic E-state index is -0.961. The Kier molecular flexibility index (Phi) is 3.27. The van der Waals surface area contributed by atoms with Crippen LogP contribution in [-0.2, 0) is 9.59 Å². The average molecular weight is 289 g/mol. The van der Waals surface area contributed by atoms with Gasteiger partial charge in [-0.1, -0.05) is 18.2 Å². The molecule has 0 heterocycles. The van der Waals surface area contributed by atoms with E-state index < -0.39 is 29.5 Å². The van der Waals surface area contributed by atoms with Gasteiger partial charge in [0.05, 0.1) is 17.5 Å². The third kappa shape index (κ3) is 2.33. The summed E-state index contributed by atoms with van der Waals surface area (Å²) in [6.45, 7) is 1.80. The van der Waals surface area contributed by atoms with Gasteiger partial charge in [0.15, 0.2) is 0 Å². The Hall–Kier alpha value is -2.17. The zero-order chi connectivity index (χ0) is 15.1. The number of hydrogen-bond donors (Lipinski definition) is 2. The van der Waals surface area contributed by atoms with E-state index in [1.807, 2.05) is 12.2 Å². The lowest BCUT2D eigenvalue weighted by atomic mass is 9.82. The van der Waals surface area contributed by atoms with Crippen LogP contribution in [0.25, 0.3) is 0 Å². The first-order chi connectivity index (χ1) is 9.97. The molecule has 2 aliphatic rings. The largest absolute Gasteiger partial charge is 0.481 e. The summed E-state index contributed by atoms with van der Waals surface area (Å²) in [7, 11) is 0. The molecule has 1 aromatic rings. The molecule has 0 unspecified atom stereocenters. The van der Waals surface area contributed by atoms with Crippen molar-refractivity contribution in [3.63, 3.8) is 0 Å². The van der Waals surface area contributed by atoms with Crippen LogP contribution in [-0.4, -0.2) is 17.0 Å². The summed E-state index contributed by atoms with van der Waals surface area (Å²) in [4.78, 5) is 23.8. The zero-order valence-corrected chi connectivity index (χ0v) is 11.5. The Bertz CT molecular complexity index is 640. The number of hydrogen-bond acceptors (Lipinski definition) is 2. The van der Waals surface area contributed by atoms with Gasteiger partial charge in [-0.2, -0.15) is 0 Å². The number of anilines is 1. The van der Waals surface area contributed by atoms with Gasteiger partial charge in [0.2, 0.25) is 5.91 Å². The Morgan fingerprint density at radius 2 is 1.90 bits per heavy atom. The summed E-state index contributed by atoms with van der Waals surface area (Å²) in [6.07, 6.45) is 4.47. The Balaban J connectivity index is 1.83. The second kappa shape index (κ2) is 4.98. The molecular formula is C16H16FNO3. The smallest absolute Gasteiger partial charge is 0.307 e. The van der Waals surface area contributed by atoms with Crippen LogP contribution < -0.4 is 5.32 Å². The number of nitrogens with one attached hydrogen (secondary N) is 1. The average Bonchev–Trinajstić information content (AvgIpc) is 3.03. The van der Waals surface area contributed by atoms with Gasteiger partial charge in [-0.15, -0.1) is 0 Å². The van der Waals surface area contributed by atoms with E-state index in [4.69, 9.17) is 0 Å². The second-order valence-electron chi connectivity index (χ2n) is 5.81. The number of aliphatic carboxylic acids is 1. The molecular weight excluding hydrogens is 273 g/mol. The minimum absolute atomic E-state index is 0.0658. The van der Waals surface area contributed by atoms with Crippen LogP contribution >= 0.6 is 0 Å². The molecule has 1 amide bonds. The molecule has 1 saturated carbocycles. The van der Waals surface area contributed by atoms with Gasteiger partial charge >= 0.3 is 5.97 Å². The number of rotatable bonds is 3. The fourth-order valence-electron chi connectivity index (χ4n) is 3.47. The van der Waals surface area contributed by atoms with Gasteiger partial charge in [0.1, 0.15) is 5.82 Å². The molecule has 0 saturated heterocycles. The summed E-state index contributed by atoms with van der Waals surface area (Å²) >= 11 is 0. The molecule has 3 rings (SSSR count). The van der Waals surface area contributed by atoms with E-state index in [1.54, 1.807) is 19.1 Å². The molecule has 0 radical (unpaired) electrons. The van der Waals surface area contributed by atoms with Crippen LogP contribution in [0.3, 0.4) is 0 Å². The number of benzene rings is 1. The van der Waals surface area contributed by atoms with Crippen LogP contribution in [0.2, 0.25) is 0 Å². The molecule has 2 N–H and O–H groups in total. The van der Waals surface area contributed by atoms with Crippen molar-refractivity contribution in [2.45, 2.75) is 13.3 Å². The monoisotopic (exact) mass is 289 g/mol. The molecule has 5 heteroatoms. The topological polar surface area (TPSA) is 66.4 Å². The number of carboxylic acid groups (broad SMARTS) is 1. The van der Waals surface area contributed by atoms with Crippen LogP contribution in [0.1, 0.15) is 12.0 Å².